The van der Waals surface area contributed by atoms with Crippen LogP contribution >= 0.6 is 0 Å². The number of hydrogen-bond acceptors (Lipinski definition) is 3. The van der Waals surface area contributed by atoms with Crippen LogP contribution in [-0.4, -0.2) is 23.2 Å². The van der Waals surface area contributed by atoms with Crippen molar-refractivity contribution in [3.63, 3.8) is 0 Å². The van der Waals surface area contributed by atoms with Crippen molar-refractivity contribution in [3.05, 3.63) is 71.8 Å². The van der Waals surface area contributed by atoms with Gasteiger partial charge in [-0.1, -0.05) is 42.5 Å². The highest BCUT2D eigenvalue weighted by atomic mass is 16.5. The molecule has 0 atom stereocenters. The molecule has 0 aromatic heterocycles. The van der Waals surface area contributed by atoms with E-state index in [1.54, 1.807) is 7.11 Å². The highest BCUT2D eigenvalue weighted by molar-refractivity contribution is 5.87. The SMILES string of the molecule is COc1ccc(CN(Cc2c(O)ccc3ccccc23)C2CC2)cc1. The molecule has 25 heavy (non-hydrogen) atoms. The van der Waals surface area contributed by atoms with Crippen LogP contribution in [0.15, 0.2) is 60.7 Å². The Morgan fingerprint density at radius 1 is 0.960 bits per heavy atom. The van der Waals surface area contributed by atoms with Crippen LogP contribution in [0, 0.1) is 0 Å². The number of methoxy groups -OCH3 is 1. The van der Waals surface area contributed by atoms with Crippen LogP contribution in [0.5, 0.6) is 11.5 Å². The Kier molecular flexibility index (Phi) is 4.33. The Bertz CT molecular complexity index is 869. The van der Waals surface area contributed by atoms with E-state index in [9.17, 15) is 5.11 Å². The van der Waals surface area contributed by atoms with Gasteiger partial charge in [0, 0.05) is 24.7 Å². The van der Waals surface area contributed by atoms with Crippen molar-refractivity contribution >= 4 is 10.8 Å². The van der Waals surface area contributed by atoms with E-state index < -0.39 is 0 Å². The summed E-state index contributed by atoms with van der Waals surface area (Å²) in [6.07, 6.45) is 2.48. The zero-order valence-corrected chi connectivity index (χ0v) is 14.5. The molecule has 3 nitrogen and oxygen atoms in total. The number of fused-ring (bicyclic) bond motifs is 1. The molecule has 0 bridgehead atoms. The fraction of sp³-hybridized carbons (Fsp3) is 0.273. The first-order valence-electron chi connectivity index (χ1n) is 8.81. The molecule has 3 aromatic carbocycles. The van der Waals surface area contributed by atoms with Gasteiger partial charge in [-0.25, -0.2) is 0 Å². The van der Waals surface area contributed by atoms with Crippen molar-refractivity contribution in [1.29, 1.82) is 0 Å². The Balaban J connectivity index is 1.61. The summed E-state index contributed by atoms with van der Waals surface area (Å²) in [6, 6.07) is 21.0. The maximum Gasteiger partial charge on any atom is 0.120 e. The van der Waals surface area contributed by atoms with Crippen LogP contribution in [0.2, 0.25) is 0 Å². The second-order valence-electron chi connectivity index (χ2n) is 6.77. The van der Waals surface area contributed by atoms with E-state index >= 15 is 0 Å². The first kappa shape index (κ1) is 16.0. The lowest BCUT2D eigenvalue weighted by Crippen LogP contribution is -2.25. The van der Waals surface area contributed by atoms with E-state index in [-0.39, 0.29) is 0 Å². The van der Waals surface area contributed by atoms with Crippen LogP contribution in [0.25, 0.3) is 10.8 Å². The van der Waals surface area contributed by atoms with Crippen molar-refractivity contribution in [2.45, 2.75) is 32.0 Å². The Hall–Kier alpha value is -2.52. The molecule has 0 unspecified atom stereocenters. The molecular weight excluding hydrogens is 310 g/mol. The monoisotopic (exact) mass is 333 g/mol. The zero-order valence-electron chi connectivity index (χ0n) is 14.5. The lowest BCUT2D eigenvalue weighted by atomic mass is 10.0. The van der Waals surface area contributed by atoms with E-state index in [1.165, 1.54) is 23.8 Å². The van der Waals surface area contributed by atoms with Gasteiger partial charge in [0.25, 0.3) is 0 Å². The summed E-state index contributed by atoms with van der Waals surface area (Å²) in [6.45, 7) is 1.65. The van der Waals surface area contributed by atoms with Gasteiger partial charge in [-0.15, -0.1) is 0 Å². The normalized spacial score (nSPS) is 14.2. The Labute approximate surface area is 148 Å². The lowest BCUT2D eigenvalue weighted by Gasteiger charge is -2.23. The molecule has 1 fully saturated rings. The summed E-state index contributed by atoms with van der Waals surface area (Å²) in [5.41, 5.74) is 2.30. The fourth-order valence-electron chi connectivity index (χ4n) is 3.41. The topological polar surface area (TPSA) is 32.7 Å². The number of aromatic hydroxyl groups is 1. The van der Waals surface area contributed by atoms with Crippen molar-refractivity contribution in [2.24, 2.45) is 0 Å². The van der Waals surface area contributed by atoms with E-state index in [0.29, 0.717) is 11.8 Å². The molecule has 0 amide bonds. The minimum atomic E-state index is 0.388. The number of nitrogens with zero attached hydrogens (tertiary/aromatic N) is 1. The third-order valence-electron chi connectivity index (χ3n) is 4.99. The van der Waals surface area contributed by atoms with E-state index in [4.69, 9.17) is 4.74 Å². The molecule has 0 radical (unpaired) electrons. The zero-order chi connectivity index (χ0) is 17.2. The summed E-state index contributed by atoms with van der Waals surface area (Å²) < 4.78 is 5.25. The van der Waals surface area contributed by atoms with Crippen LogP contribution in [-0.2, 0) is 13.1 Å². The van der Waals surface area contributed by atoms with Crippen LogP contribution in [0.4, 0.5) is 0 Å². The number of ether oxygens (including phenoxy) is 1. The molecule has 0 saturated heterocycles. The molecule has 0 spiro atoms. The maximum absolute atomic E-state index is 10.5. The van der Waals surface area contributed by atoms with Crippen LogP contribution in [0.1, 0.15) is 24.0 Å². The van der Waals surface area contributed by atoms with Crippen LogP contribution < -0.4 is 4.74 Å². The number of phenols is 1. The molecule has 0 aliphatic heterocycles. The number of rotatable bonds is 6. The first-order valence-corrected chi connectivity index (χ1v) is 8.81. The standard InChI is InChI=1S/C22H23NO2/c1-25-19-11-6-16(7-12-19)14-23(18-9-10-18)15-21-20-5-3-2-4-17(20)8-13-22(21)24/h2-8,11-13,18,24H,9-10,14-15H2,1H3. The van der Waals surface area contributed by atoms with E-state index in [1.807, 2.05) is 36.4 Å². The summed E-state index contributed by atoms with van der Waals surface area (Å²) in [4.78, 5) is 2.48. The predicted molar refractivity (Wildman–Crippen MR) is 101 cm³/mol. The van der Waals surface area contributed by atoms with Gasteiger partial charge in [-0.2, -0.15) is 0 Å². The highest BCUT2D eigenvalue weighted by Gasteiger charge is 2.29. The average molecular weight is 333 g/mol. The predicted octanol–water partition coefficient (Wildman–Crippen LogP) is 4.72. The second-order valence-corrected chi connectivity index (χ2v) is 6.77. The summed E-state index contributed by atoms with van der Waals surface area (Å²) in [7, 11) is 1.69. The summed E-state index contributed by atoms with van der Waals surface area (Å²) in [5.74, 6) is 1.27. The molecule has 128 valence electrons. The Morgan fingerprint density at radius 3 is 2.44 bits per heavy atom. The van der Waals surface area contributed by atoms with Gasteiger partial charge in [0.2, 0.25) is 0 Å². The van der Waals surface area contributed by atoms with Gasteiger partial charge in [-0.3, -0.25) is 4.90 Å². The molecule has 0 heterocycles. The number of hydrogen-bond donors (Lipinski definition) is 1. The molecular formula is C22H23NO2. The maximum atomic E-state index is 10.5. The first-order chi connectivity index (χ1) is 12.2. The third kappa shape index (κ3) is 3.47. The fourth-order valence-corrected chi connectivity index (χ4v) is 3.41. The van der Waals surface area contributed by atoms with E-state index in [0.717, 1.165) is 29.8 Å². The lowest BCUT2D eigenvalue weighted by molar-refractivity contribution is 0.243. The molecule has 1 aliphatic rings. The van der Waals surface area contributed by atoms with Crippen molar-refractivity contribution in [3.8, 4) is 11.5 Å². The Morgan fingerprint density at radius 2 is 1.72 bits per heavy atom. The quantitative estimate of drug-likeness (QED) is 0.708. The molecule has 1 saturated carbocycles. The third-order valence-corrected chi connectivity index (χ3v) is 4.99. The molecule has 1 N–H and O–H groups in total. The number of benzene rings is 3. The van der Waals surface area contributed by atoms with Gasteiger partial charge in [-0.05, 0) is 47.4 Å². The summed E-state index contributed by atoms with van der Waals surface area (Å²) >= 11 is 0. The van der Waals surface area contributed by atoms with Crippen molar-refractivity contribution in [2.75, 3.05) is 7.11 Å². The minimum Gasteiger partial charge on any atom is -0.508 e. The van der Waals surface area contributed by atoms with Gasteiger partial charge < -0.3 is 9.84 Å². The average Bonchev–Trinajstić information content (AvgIpc) is 3.49. The van der Waals surface area contributed by atoms with Crippen molar-refractivity contribution < 1.29 is 9.84 Å². The molecule has 1 aliphatic carbocycles. The van der Waals surface area contributed by atoms with Gasteiger partial charge in [0.05, 0.1) is 7.11 Å². The van der Waals surface area contributed by atoms with Crippen LogP contribution in [0.3, 0.4) is 0 Å². The molecule has 3 heteroatoms. The highest BCUT2D eigenvalue weighted by Crippen LogP contribution is 2.34. The van der Waals surface area contributed by atoms with E-state index in [2.05, 4.69) is 29.2 Å². The largest absolute Gasteiger partial charge is 0.508 e. The van der Waals surface area contributed by atoms with Crippen molar-refractivity contribution in [1.82, 2.24) is 4.90 Å². The molecule has 3 aromatic rings. The second kappa shape index (κ2) is 6.77. The van der Waals surface area contributed by atoms with Gasteiger partial charge >= 0.3 is 0 Å². The van der Waals surface area contributed by atoms with Gasteiger partial charge in [0.1, 0.15) is 11.5 Å². The van der Waals surface area contributed by atoms with Gasteiger partial charge in [0.15, 0.2) is 0 Å². The number of phenolic OH excluding ortho intramolecular Hbond substituents is 1. The smallest absolute Gasteiger partial charge is 0.120 e. The molecule has 4 rings (SSSR count). The summed E-state index contributed by atoms with van der Waals surface area (Å²) in [5, 5.41) is 12.8. The minimum absolute atomic E-state index is 0.388.